The fourth-order valence-electron chi connectivity index (χ4n) is 3.13. The van der Waals surface area contributed by atoms with Crippen LogP contribution in [-0.4, -0.2) is 44.0 Å². The maximum absolute atomic E-state index is 12.2. The Kier molecular flexibility index (Phi) is 4.90. The molecule has 2 rings (SSSR count). The minimum absolute atomic E-state index is 0.186. The Balaban J connectivity index is 2.07. The summed E-state index contributed by atoms with van der Waals surface area (Å²) in [5.41, 5.74) is 0.906. The second-order valence-electron chi connectivity index (χ2n) is 6.22. The van der Waals surface area contributed by atoms with Gasteiger partial charge in [-0.2, -0.15) is 0 Å². The third-order valence-corrected chi connectivity index (χ3v) is 4.54. The first-order chi connectivity index (χ1) is 10.2. The van der Waals surface area contributed by atoms with E-state index in [4.69, 9.17) is 0 Å². The number of halogens is 3. The molecule has 1 fully saturated rings. The third-order valence-electron chi connectivity index (χ3n) is 4.54. The summed E-state index contributed by atoms with van der Waals surface area (Å²) in [5.74, 6) is 0.312. The van der Waals surface area contributed by atoms with Crippen molar-refractivity contribution in [1.82, 2.24) is 4.90 Å². The summed E-state index contributed by atoms with van der Waals surface area (Å²) in [7, 11) is 4.12. The number of nitrogens with zero attached hydrogens (tertiary/aromatic N) is 2. The summed E-state index contributed by atoms with van der Waals surface area (Å²) < 4.78 is 40.5. The molecule has 0 aliphatic carbocycles. The Morgan fingerprint density at radius 1 is 1.18 bits per heavy atom. The van der Waals surface area contributed by atoms with E-state index in [1.54, 1.807) is 12.1 Å². The summed E-state index contributed by atoms with van der Waals surface area (Å²) in [4.78, 5) is 4.50. The smallest absolute Gasteiger partial charge is 0.406 e. The summed E-state index contributed by atoms with van der Waals surface area (Å²) in [6.07, 6.45) is -3.61. The molecule has 6 heteroatoms. The van der Waals surface area contributed by atoms with Gasteiger partial charge in [0.1, 0.15) is 5.75 Å². The number of alkyl halides is 3. The van der Waals surface area contributed by atoms with Gasteiger partial charge in [0.15, 0.2) is 0 Å². The Hall–Kier alpha value is -1.43. The standard InChI is InChI=1S/C16H23F3N2O/c1-11-10-20(3)12(2)9-15(11)21(4)13-5-7-14(8-6-13)22-16(17,18)19/h5-8,11-12,15H,9-10H2,1-4H3/t11-,12+,15-/m1/s1. The maximum atomic E-state index is 12.2. The van der Waals surface area contributed by atoms with Gasteiger partial charge in [-0.05, 0) is 50.6 Å². The van der Waals surface area contributed by atoms with Gasteiger partial charge in [0.2, 0.25) is 0 Å². The van der Waals surface area contributed by atoms with Crippen molar-refractivity contribution >= 4 is 5.69 Å². The fourth-order valence-corrected chi connectivity index (χ4v) is 3.13. The van der Waals surface area contributed by atoms with Gasteiger partial charge in [0.05, 0.1) is 0 Å². The lowest BCUT2D eigenvalue weighted by Gasteiger charge is -2.44. The van der Waals surface area contributed by atoms with Crippen LogP contribution in [0.25, 0.3) is 0 Å². The molecule has 3 nitrogen and oxygen atoms in total. The zero-order chi connectivity index (χ0) is 16.5. The van der Waals surface area contributed by atoms with E-state index < -0.39 is 6.36 Å². The molecule has 0 unspecified atom stereocenters. The van der Waals surface area contributed by atoms with Crippen LogP contribution in [0.5, 0.6) is 5.75 Å². The lowest BCUT2D eigenvalue weighted by molar-refractivity contribution is -0.274. The predicted octanol–water partition coefficient (Wildman–Crippen LogP) is 3.75. The molecular formula is C16H23F3N2O. The van der Waals surface area contributed by atoms with E-state index in [1.807, 2.05) is 7.05 Å². The Morgan fingerprint density at radius 3 is 2.32 bits per heavy atom. The Morgan fingerprint density at radius 2 is 1.77 bits per heavy atom. The molecule has 1 aliphatic rings. The molecule has 1 aliphatic heterocycles. The number of piperidine rings is 1. The van der Waals surface area contributed by atoms with E-state index in [9.17, 15) is 13.2 Å². The van der Waals surface area contributed by atoms with E-state index in [-0.39, 0.29) is 5.75 Å². The predicted molar refractivity (Wildman–Crippen MR) is 81.2 cm³/mol. The van der Waals surface area contributed by atoms with E-state index >= 15 is 0 Å². The fraction of sp³-hybridized carbons (Fsp3) is 0.625. The Bertz CT molecular complexity index is 489. The van der Waals surface area contributed by atoms with Crippen molar-refractivity contribution in [3.05, 3.63) is 24.3 Å². The molecule has 0 aromatic heterocycles. The monoisotopic (exact) mass is 316 g/mol. The zero-order valence-electron chi connectivity index (χ0n) is 13.4. The van der Waals surface area contributed by atoms with Gasteiger partial charge in [-0.1, -0.05) is 6.92 Å². The molecule has 0 spiro atoms. The first-order valence-corrected chi connectivity index (χ1v) is 7.46. The number of benzene rings is 1. The molecule has 0 N–H and O–H groups in total. The zero-order valence-corrected chi connectivity index (χ0v) is 13.4. The molecule has 22 heavy (non-hydrogen) atoms. The number of rotatable bonds is 3. The number of hydrogen-bond acceptors (Lipinski definition) is 3. The molecule has 0 bridgehead atoms. The third kappa shape index (κ3) is 4.06. The molecule has 1 saturated heterocycles. The molecule has 0 amide bonds. The van der Waals surface area contributed by atoms with E-state index in [0.29, 0.717) is 18.0 Å². The number of ether oxygens (including phenoxy) is 1. The Labute approximate surface area is 129 Å². The van der Waals surface area contributed by atoms with Gasteiger partial charge >= 0.3 is 6.36 Å². The van der Waals surface area contributed by atoms with Crippen LogP contribution in [0.3, 0.4) is 0 Å². The van der Waals surface area contributed by atoms with E-state index in [2.05, 4.69) is 35.4 Å². The minimum atomic E-state index is -4.65. The largest absolute Gasteiger partial charge is 0.573 e. The molecule has 1 aromatic rings. The van der Waals surface area contributed by atoms with Crippen molar-refractivity contribution in [3.8, 4) is 5.75 Å². The maximum Gasteiger partial charge on any atom is 0.573 e. The van der Waals surface area contributed by atoms with Crippen LogP contribution in [0.1, 0.15) is 20.3 Å². The van der Waals surface area contributed by atoms with Crippen molar-refractivity contribution < 1.29 is 17.9 Å². The van der Waals surface area contributed by atoms with Crippen LogP contribution in [0.2, 0.25) is 0 Å². The van der Waals surface area contributed by atoms with Gasteiger partial charge in [-0.25, -0.2) is 0 Å². The molecule has 0 radical (unpaired) electrons. The molecule has 1 aromatic carbocycles. The van der Waals surface area contributed by atoms with Crippen LogP contribution in [-0.2, 0) is 0 Å². The second kappa shape index (κ2) is 6.36. The highest BCUT2D eigenvalue weighted by Crippen LogP contribution is 2.30. The van der Waals surface area contributed by atoms with E-state index in [0.717, 1.165) is 18.7 Å². The average molecular weight is 316 g/mol. The van der Waals surface area contributed by atoms with Gasteiger partial charge in [0.25, 0.3) is 0 Å². The quantitative estimate of drug-likeness (QED) is 0.845. The van der Waals surface area contributed by atoms with Gasteiger partial charge in [0, 0.05) is 31.4 Å². The van der Waals surface area contributed by atoms with Crippen molar-refractivity contribution in [2.45, 2.75) is 38.7 Å². The van der Waals surface area contributed by atoms with Crippen LogP contribution in [0.15, 0.2) is 24.3 Å². The topological polar surface area (TPSA) is 15.7 Å². The van der Waals surface area contributed by atoms with Gasteiger partial charge < -0.3 is 14.5 Å². The molecule has 124 valence electrons. The lowest BCUT2D eigenvalue weighted by atomic mass is 9.88. The van der Waals surface area contributed by atoms with Crippen LogP contribution in [0, 0.1) is 5.92 Å². The van der Waals surface area contributed by atoms with Crippen molar-refractivity contribution in [1.29, 1.82) is 0 Å². The highest BCUT2D eigenvalue weighted by atomic mass is 19.4. The summed E-state index contributed by atoms with van der Waals surface area (Å²) in [5, 5.41) is 0. The molecule has 3 atom stereocenters. The number of anilines is 1. The van der Waals surface area contributed by atoms with Crippen molar-refractivity contribution in [2.75, 3.05) is 25.5 Å². The SMILES string of the molecule is C[C@@H]1CN(C)[C@@H](C)C[C@H]1N(C)c1ccc(OC(F)(F)F)cc1. The normalized spacial score (nSPS) is 26.8. The van der Waals surface area contributed by atoms with Crippen molar-refractivity contribution in [3.63, 3.8) is 0 Å². The second-order valence-corrected chi connectivity index (χ2v) is 6.22. The summed E-state index contributed by atoms with van der Waals surface area (Å²) in [6, 6.07) is 6.95. The van der Waals surface area contributed by atoms with E-state index in [1.165, 1.54) is 12.1 Å². The summed E-state index contributed by atoms with van der Waals surface area (Å²) >= 11 is 0. The van der Waals surface area contributed by atoms with Crippen LogP contribution < -0.4 is 9.64 Å². The lowest BCUT2D eigenvalue weighted by Crippen LogP contribution is -2.51. The number of likely N-dealkylation sites (tertiary alicyclic amines) is 1. The summed E-state index contributed by atoms with van der Waals surface area (Å²) in [6.45, 7) is 5.43. The number of hydrogen-bond donors (Lipinski definition) is 0. The van der Waals surface area contributed by atoms with Gasteiger partial charge in [-0.3, -0.25) is 0 Å². The first-order valence-electron chi connectivity index (χ1n) is 7.46. The highest BCUT2D eigenvalue weighted by Gasteiger charge is 2.32. The van der Waals surface area contributed by atoms with Crippen LogP contribution >= 0.6 is 0 Å². The molecule has 1 heterocycles. The highest BCUT2D eigenvalue weighted by molar-refractivity contribution is 5.49. The molecule has 0 saturated carbocycles. The molecular weight excluding hydrogens is 293 g/mol. The first kappa shape index (κ1) is 16.9. The van der Waals surface area contributed by atoms with Crippen LogP contribution in [0.4, 0.5) is 18.9 Å². The van der Waals surface area contributed by atoms with Crippen molar-refractivity contribution in [2.24, 2.45) is 5.92 Å². The van der Waals surface area contributed by atoms with Gasteiger partial charge in [-0.15, -0.1) is 13.2 Å². The minimum Gasteiger partial charge on any atom is -0.406 e. The average Bonchev–Trinajstić information content (AvgIpc) is 2.41.